The van der Waals surface area contributed by atoms with E-state index in [1.807, 2.05) is 23.9 Å². The minimum atomic E-state index is 0.353. The van der Waals surface area contributed by atoms with Gasteiger partial charge < -0.3 is 10.0 Å². The fraction of sp³-hybridized carbons (Fsp3) is 0.625. The molecule has 0 spiro atoms. The van der Waals surface area contributed by atoms with Gasteiger partial charge >= 0.3 is 0 Å². The predicted molar refractivity (Wildman–Crippen MR) is 83.0 cm³/mol. The standard InChI is InChI=1S/C16H25NOS/c18-15-7-9-16(10-8-15)19-14-6-2-5-13-17-11-3-1-4-12-17/h7-10,18H,1-6,11-14H2. The molecule has 1 fully saturated rings. The summed E-state index contributed by atoms with van der Waals surface area (Å²) in [4.78, 5) is 3.88. The van der Waals surface area contributed by atoms with Gasteiger partial charge in [0.1, 0.15) is 5.75 Å². The van der Waals surface area contributed by atoms with Crippen LogP contribution in [0.3, 0.4) is 0 Å². The van der Waals surface area contributed by atoms with E-state index >= 15 is 0 Å². The molecule has 0 aromatic heterocycles. The Bertz CT molecular complexity index is 346. The van der Waals surface area contributed by atoms with Crippen LogP contribution in [-0.2, 0) is 0 Å². The van der Waals surface area contributed by atoms with Crippen LogP contribution in [0.4, 0.5) is 0 Å². The number of benzene rings is 1. The van der Waals surface area contributed by atoms with E-state index in [1.165, 1.54) is 68.8 Å². The maximum Gasteiger partial charge on any atom is 0.115 e. The zero-order chi connectivity index (χ0) is 13.3. The third-order valence-corrected chi connectivity index (χ3v) is 4.77. The van der Waals surface area contributed by atoms with Crippen LogP contribution in [0, 0.1) is 0 Å². The van der Waals surface area contributed by atoms with Crippen LogP contribution < -0.4 is 0 Å². The largest absolute Gasteiger partial charge is 0.508 e. The molecule has 1 aromatic carbocycles. The van der Waals surface area contributed by atoms with Gasteiger partial charge in [0.25, 0.3) is 0 Å². The number of unbranched alkanes of at least 4 members (excludes halogenated alkanes) is 2. The summed E-state index contributed by atoms with van der Waals surface area (Å²) in [6.07, 6.45) is 8.20. The van der Waals surface area contributed by atoms with E-state index in [1.54, 1.807) is 12.1 Å². The van der Waals surface area contributed by atoms with Crippen molar-refractivity contribution in [3.05, 3.63) is 24.3 Å². The molecule has 1 aliphatic heterocycles. The molecule has 0 amide bonds. The quantitative estimate of drug-likeness (QED) is 0.599. The Morgan fingerprint density at radius 3 is 2.42 bits per heavy atom. The molecular formula is C16H25NOS. The molecule has 0 aliphatic carbocycles. The van der Waals surface area contributed by atoms with Crippen molar-refractivity contribution in [2.75, 3.05) is 25.4 Å². The molecule has 2 nitrogen and oxygen atoms in total. The maximum absolute atomic E-state index is 9.21. The lowest BCUT2D eigenvalue weighted by atomic mass is 10.1. The summed E-state index contributed by atoms with van der Waals surface area (Å²) in [7, 11) is 0. The second-order valence-corrected chi connectivity index (χ2v) is 6.47. The van der Waals surface area contributed by atoms with Crippen molar-refractivity contribution in [1.82, 2.24) is 4.90 Å². The van der Waals surface area contributed by atoms with Gasteiger partial charge in [-0.05, 0) is 75.3 Å². The molecular weight excluding hydrogens is 254 g/mol. The van der Waals surface area contributed by atoms with Gasteiger partial charge in [-0.1, -0.05) is 12.8 Å². The Kier molecular flexibility index (Phi) is 6.58. The molecule has 1 saturated heterocycles. The summed E-state index contributed by atoms with van der Waals surface area (Å²) in [6.45, 7) is 3.94. The monoisotopic (exact) mass is 279 g/mol. The van der Waals surface area contributed by atoms with E-state index in [4.69, 9.17) is 0 Å². The van der Waals surface area contributed by atoms with E-state index in [9.17, 15) is 5.11 Å². The van der Waals surface area contributed by atoms with E-state index in [0.717, 1.165) is 0 Å². The fourth-order valence-electron chi connectivity index (χ4n) is 2.53. The third-order valence-electron chi connectivity index (χ3n) is 3.67. The normalized spacial score (nSPS) is 16.6. The molecule has 1 aliphatic rings. The van der Waals surface area contributed by atoms with Crippen LogP contribution in [0.2, 0.25) is 0 Å². The fourth-order valence-corrected chi connectivity index (χ4v) is 3.44. The number of phenols is 1. The predicted octanol–water partition coefficient (Wildman–Crippen LogP) is 4.14. The SMILES string of the molecule is Oc1ccc(SCCCCCN2CCCCC2)cc1. The van der Waals surface area contributed by atoms with Crippen molar-refractivity contribution in [3.8, 4) is 5.75 Å². The molecule has 0 saturated carbocycles. The van der Waals surface area contributed by atoms with E-state index in [2.05, 4.69) is 4.90 Å². The first-order valence-corrected chi connectivity index (χ1v) is 8.47. The molecule has 106 valence electrons. The Labute approximate surface area is 121 Å². The topological polar surface area (TPSA) is 23.5 Å². The van der Waals surface area contributed by atoms with Crippen LogP contribution in [0.15, 0.2) is 29.2 Å². The van der Waals surface area contributed by atoms with Gasteiger partial charge in [0.05, 0.1) is 0 Å². The molecule has 19 heavy (non-hydrogen) atoms. The molecule has 2 rings (SSSR count). The van der Waals surface area contributed by atoms with Crippen molar-refractivity contribution in [2.24, 2.45) is 0 Å². The van der Waals surface area contributed by atoms with Gasteiger partial charge in [0.2, 0.25) is 0 Å². The van der Waals surface area contributed by atoms with Gasteiger partial charge in [-0.3, -0.25) is 0 Å². The third kappa shape index (κ3) is 5.87. The summed E-state index contributed by atoms with van der Waals surface area (Å²) < 4.78 is 0. The van der Waals surface area contributed by atoms with Crippen LogP contribution in [0.5, 0.6) is 5.75 Å². The Balaban J connectivity index is 1.49. The molecule has 0 bridgehead atoms. The van der Waals surface area contributed by atoms with Crippen molar-refractivity contribution in [3.63, 3.8) is 0 Å². The lowest BCUT2D eigenvalue weighted by Crippen LogP contribution is -2.30. The van der Waals surface area contributed by atoms with Crippen molar-refractivity contribution >= 4 is 11.8 Å². The molecule has 3 heteroatoms. The summed E-state index contributed by atoms with van der Waals surface area (Å²) in [5, 5.41) is 9.21. The lowest BCUT2D eigenvalue weighted by molar-refractivity contribution is 0.224. The average molecular weight is 279 g/mol. The van der Waals surface area contributed by atoms with Gasteiger partial charge in [-0.2, -0.15) is 0 Å². The average Bonchev–Trinajstić information content (AvgIpc) is 2.46. The molecule has 1 aromatic rings. The van der Waals surface area contributed by atoms with Crippen LogP contribution in [0.1, 0.15) is 38.5 Å². The number of likely N-dealkylation sites (tertiary alicyclic amines) is 1. The zero-order valence-electron chi connectivity index (χ0n) is 11.7. The maximum atomic E-state index is 9.21. The molecule has 1 N–H and O–H groups in total. The number of hydrogen-bond donors (Lipinski definition) is 1. The number of hydrogen-bond acceptors (Lipinski definition) is 3. The van der Waals surface area contributed by atoms with E-state index < -0.39 is 0 Å². The van der Waals surface area contributed by atoms with E-state index in [-0.39, 0.29) is 0 Å². The summed E-state index contributed by atoms with van der Waals surface area (Å²) >= 11 is 1.89. The summed E-state index contributed by atoms with van der Waals surface area (Å²) in [5.41, 5.74) is 0. The Morgan fingerprint density at radius 2 is 1.68 bits per heavy atom. The van der Waals surface area contributed by atoms with Crippen LogP contribution in [0.25, 0.3) is 0 Å². The molecule has 1 heterocycles. The first-order chi connectivity index (χ1) is 9.34. The minimum Gasteiger partial charge on any atom is -0.508 e. The number of nitrogens with zero attached hydrogens (tertiary/aromatic N) is 1. The van der Waals surface area contributed by atoms with Gasteiger partial charge in [-0.25, -0.2) is 0 Å². The molecule has 0 unspecified atom stereocenters. The van der Waals surface area contributed by atoms with Crippen LogP contribution >= 0.6 is 11.8 Å². The first-order valence-electron chi connectivity index (χ1n) is 7.49. The van der Waals surface area contributed by atoms with Crippen molar-refractivity contribution in [1.29, 1.82) is 0 Å². The number of phenolic OH excluding ortho intramolecular Hbond substituents is 1. The van der Waals surface area contributed by atoms with Gasteiger partial charge in [0, 0.05) is 4.90 Å². The Morgan fingerprint density at radius 1 is 0.947 bits per heavy atom. The second-order valence-electron chi connectivity index (χ2n) is 5.31. The van der Waals surface area contributed by atoms with Gasteiger partial charge in [0.15, 0.2) is 0 Å². The zero-order valence-corrected chi connectivity index (χ0v) is 12.5. The molecule has 0 atom stereocenters. The highest BCUT2D eigenvalue weighted by atomic mass is 32.2. The highest BCUT2D eigenvalue weighted by Gasteiger charge is 2.08. The number of thioether (sulfide) groups is 1. The van der Waals surface area contributed by atoms with Crippen molar-refractivity contribution < 1.29 is 5.11 Å². The summed E-state index contributed by atoms with van der Waals surface area (Å²) in [6, 6.07) is 7.51. The molecule has 0 radical (unpaired) electrons. The highest BCUT2D eigenvalue weighted by molar-refractivity contribution is 7.99. The number of rotatable bonds is 7. The lowest BCUT2D eigenvalue weighted by Gasteiger charge is -2.26. The highest BCUT2D eigenvalue weighted by Crippen LogP contribution is 2.22. The number of piperidine rings is 1. The second kappa shape index (κ2) is 8.49. The number of aromatic hydroxyl groups is 1. The van der Waals surface area contributed by atoms with Gasteiger partial charge in [-0.15, -0.1) is 11.8 Å². The minimum absolute atomic E-state index is 0.353. The Hall–Kier alpha value is -0.670. The first kappa shape index (κ1) is 14.7. The van der Waals surface area contributed by atoms with Crippen molar-refractivity contribution in [2.45, 2.75) is 43.4 Å². The van der Waals surface area contributed by atoms with Crippen LogP contribution in [-0.4, -0.2) is 35.4 Å². The van der Waals surface area contributed by atoms with E-state index in [0.29, 0.717) is 5.75 Å². The summed E-state index contributed by atoms with van der Waals surface area (Å²) in [5.74, 6) is 1.54. The smallest absolute Gasteiger partial charge is 0.115 e.